The number of fused-ring (bicyclic) bond motifs is 1. The number of ketones is 1. The number of H-pyrrole nitrogens is 1. The first-order valence-corrected chi connectivity index (χ1v) is 6.62. The molecule has 0 saturated carbocycles. The van der Waals surface area contributed by atoms with Crippen molar-refractivity contribution in [3.8, 4) is 0 Å². The number of hydrogen-bond donors (Lipinski definition) is 1. The molecule has 0 aliphatic carbocycles. The number of aromatic nitrogens is 1. The highest BCUT2D eigenvalue weighted by atomic mass is 79.9. The highest BCUT2D eigenvalue weighted by molar-refractivity contribution is 9.10. The Hall–Kier alpha value is -2.01. The number of rotatable bonds is 2. The lowest BCUT2D eigenvalue weighted by Gasteiger charge is -2.03. The van der Waals surface area contributed by atoms with Crippen LogP contribution in [0.4, 0.5) is 8.78 Å². The van der Waals surface area contributed by atoms with Gasteiger partial charge in [-0.15, -0.1) is 0 Å². The molecule has 0 aliphatic rings. The molecule has 100 valence electrons. The molecule has 2 aromatic carbocycles. The Balaban J connectivity index is 2.18. The minimum Gasteiger partial charge on any atom is -0.360 e. The number of carbonyl (C=O) groups is 1. The summed E-state index contributed by atoms with van der Waals surface area (Å²) in [5, 5.41) is 0.682. The highest BCUT2D eigenvalue weighted by Crippen LogP contribution is 2.29. The number of benzene rings is 2. The number of halogens is 3. The molecule has 0 amide bonds. The third-order valence-electron chi connectivity index (χ3n) is 3.08. The average molecular weight is 336 g/mol. The van der Waals surface area contributed by atoms with Crippen LogP contribution >= 0.6 is 15.9 Å². The fourth-order valence-electron chi connectivity index (χ4n) is 2.14. The van der Waals surface area contributed by atoms with E-state index in [9.17, 15) is 13.6 Å². The van der Waals surface area contributed by atoms with E-state index in [1.165, 1.54) is 6.20 Å². The summed E-state index contributed by atoms with van der Waals surface area (Å²) in [7, 11) is 0. The van der Waals surface area contributed by atoms with E-state index < -0.39 is 17.4 Å². The Labute approximate surface area is 121 Å². The predicted molar refractivity (Wildman–Crippen MR) is 75.8 cm³/mol. The Bertz CT molecular complexity index is 826. The van der Waals surface area contributed by atoms with Gasteiger partial charge in [-0.25, -0.2) is 8.78 Å². The van der Waals surface area contributed by atoms with Crippen LogP contribution in [-0.4, -0.2) is 10.8 Å². The molecule has 0 saturated heterocycles. The van der Waals surface area contributed by atoms with Gasteiger partial charge in [-0.1, -0.05) is 22.0 Å². The van der Waals surface area contributed by atoms with Crippen LogP contribution in [0, 0.1) is 11.6 Å². The van der Waals surface area contributed by atoms with Gasteiger partial charge in [-0.2, -0.15) is 0 Å². The van der Waals surface area contributed by atoms with Crippen LogP contribution in [-0.2, 0) is 0 Å². The molecule has 0 radical (unpaired) electrons. The second-order valence-electron chi connectivity index (χ2n) is 4.32. The number of carbonyl (C=O) groups excluding carboxylic acids is 1. The summed E-state index contributed by atoms with van der Waals surface area (Å²) >= 11 is 3.37. The summed E-state index contributed by atoms with van der Waals surface area (Å²) in [4.78, 5) is 15.4. The van der Waals surface area contributed by atoms with Crippen molar-refractivity contribution in [2.75, 3.05) is 0 Å². The van der Waals surface area contributed by atoms with Crippen molar-refractivity contribution in [3.63, 3.8) is 0 Å². The standard InChI is InChI=1S/C15H8BrF2NO/c16-11-2-1-3-13-14(11)10(7-19-13)15(20)9-5-4-8(17)6-12(9)18/h1-7,19H. The maximum Gasteiger partial charge on any atom is 0.198 e. The molecule has 1 aromatic heterocycles. The fourth-order valence-corrected chi connectivity index (χ4v) is 2.72. The van der Waals surface area contributed by atoms with Crippen LogP contribution in [0.2, 0.25) is 0 Å². The average Bonchev–Trinajstić information content (AvgIpc) is 2.83. The van der Waals surface area contributed by atoms with Crippen LogP contribution in [0.15, 0.2) is 47.1 Å². The third kappa shape index (κ3) is 2.04. The molecular weight excluding hydrogens is 328 g/mol. The monoisotopic (exact) mass is 335 g/mol. The molecule has 3 rings (SSSR count). The maximum absolute atomic E-state index is 13.7. The van der Waals surface area contributed by atoms with Gasteiger partial charge in [0.1, 0.15) is 11.6 Å². The Morgan fingerprint density at radius 2 is 1.90 bits per heavy atom. The number of hydrogen-bond acceptors (Lipinski definition) is 1. The molecule has 0 unspecified atom stereocenters. The van der Waals surface area contributed by atoms with Gasteiger partial charge in [-0.3, -0.25) is 4.79 Å². The summed E-state index contributed by atoms with van der Waals surface area (Å²) in [5.74, 6) is -2.06. The van der Waals surface area contributed by atoms with Crippen LogP contribution < -0.4 is 0 Å². The Morgan fingerprint density at radius 1 is 1.10 bits per heavy atom. The Kier molecular flexibility index (Phi) is 3.14. The van der Waals surface area contributed by atoms with E-state index in [1.54, 1.807) is 6.07 Å². The lowest BCUT2D eigenvalue weighted by molar-refractivity contribution is 0.103. The van der Waals surface area contributed by atoms with Gasteiger partial charge in [0, 0.05) is 33.2 Å². The SMILES string of the molecule is O=C(c1ccc(F)cc1F)c1c[nH]c2cccc(Br)c12. The summed E-state index contributed by atoms with van der Waals surface area (Å²) < 4.78 is 27.4. The van der Waals surface area contributed by atoms with Gasteiger partial charge in [0.15, 0.2) is 5.78 Å². The van der Waals surface area contributed by atoms with Gasteiger partial charge in [0.25, 0.3) is 0 Å². The van der Waals surface area contributed by atoms with Crippen molar-refractivity contribution in [2.24, 2.45) is 0 Å². The lowest BCUT2D eigenvalue weighted by atomic mass is 10.0. The minimum atomic E-state index is -0.864. The quantitative estimate of drug-likeness (QED) is 0.690. The van der Waals surface area contributed by atoms with E-state index in [-0.39, 0.29) is 5.56 Å². The largest absolute Gasteiger partial charge is 0.360 e. The Morgan fingerprint density at radius 3 is 2.65 bits per heavy atom. The van der Waals surface area contributed by atoms with Gasteiger partial charge in [0.2, 0.25) is 0 Å². The van der Waals surface area contributed by atoms with Crippen molar-refractivity contribution < 1.29 is 13.6 Å². The van der Waals surface area contributed by atoms with E-state index in [1.807, 2.05) is 12.1 Å². The van der Waals surface area contributed by atoms with Crippen LogP contribution in [0.25, 0.3) is 10.9 Å². The number of nitrogens with one attached hydrogen (secondary N) is 1. The van der Waals surface area contributed by atoms with Crippen LogP contribution in [0.5, 0.6) is 0 Å². The first kappa shape index (κ1) is 13.0. The van der Waals surface area contributed by atoms with Gasteiger partial charge in [0.05, 0.1) is 5.56 Å². The highest BCUT2D eigenvalue weighted by Gasteiger charge is 2.19. The second-order valence-corrected chi connectivity index (χ2v) is 5.17. The van der Waals surface area contributed by atoms with Crippen molar-refractivity contribution in [2.45, 2.75) is 0 Å². The molecule has 0 fully saturated rings. The van der Waals surface area contributed by atoms with E-state index in [4.69, 9.17) is 0 Å². The molecule has 5 heteroatoms. The molecule has 3 aromatic rings. The maximum atomic E-state index is 13.7. The van der Waals surface area contributed by atoms with Crippen molar-refractivity contribution in [1.29, 1.82) is 0 Å². The topological polar surface area (TPSA) is 32.9 Å². The van der Waals surface area contributed by atoms with E-state index in [0.717, 1.165) is 22.1 Å². The smallest absolute Gasteiger partial charge is 0.198 e. The van der Waals surface area contributed by atoms with Gasteiger partial charge < -0.3 is 4.98 Å². The molecule has 20 heavy (non-hydrogen) atoms. The zero-order valence-corrected chi connectivity index (χ0v) is 11.7. The summed E-state index contributed by atoms with van der Waals surface area (Å²) in [6, 6.07) is 8.38. The zero-order valence-electron chi connectivity index (χ0n) is 10.1. The first-order valence-electron chi connectivity index (χ1n) is 5.83. The van der Waals surface area contributed by atoms with Crippen molar-refractivity contribution >= 4 is 32.6 Å². The van der Waals surface area contributed by atoms with Gasteiger partial charge >= 0.3 is 0 Å². The molecule has 1 heterocycles. The molecule has 0 bridgehead atoms. The minimum absolute atomic E-state index is 0.150. The predicted octanol–water partition coefficient (Wildman–Crippen LogP) is 4.44. The molecular formula is C15H8BrF2NO. The molecule has 0 spiro atoms. The van der Waals surface area contributed by atoms with Gasteiger partial charge in [-0.05, 0) is 24.3 Å². The van der Waals surface area contributed by atoms with E-state index in [2.05, 4.69) is 20.9 Å². The lowest BCUT2D eigenvalue weighted by Crippen LogP contribution is -2.04. The van der Waals surface area contributed by atoms with Crippen molar-refractivity contribution in [3.05, 3.63) is 69.8 Å². The van der Waals surface area contributed by atoms with E-state index in [0.29, 0.717) is 17.0 Å². The zero-order chi connectivity index (χ0) is 14.3. The number of aromatic amines is 1. The third-order valence-corrected chi connectivity index (χ3v) is 3.74. The van der Waals surface area contributed by atoms with Crippen LogP contribution in [0.3, 0.4) is 0 Å². The summed E-state index contributed by atoms with van der Waals surface area (Å²) in [6.45, 7) is 0. The fraction of sp³-hybridized carbons (Fsp3) is 0. The summed E-state index contributed by atoms with van der Waals surface area (Å²) in [6.07, 6.45) is 1.53. The van der Waals surface area contributed by atoms with Crippen molar-refractivity contribution in [1.82, 2.24) is 4.98 Å². The normalized spacial score (nSPS) is 10.9. The van der Waals surface area contributed by atoms with Crippen LogP contribution in [0.1, 0.15) is 15.9 Å². The van der Waals surface area contributed by atoms with E-state index >= 15 is 0 Å². The molecule has 2 nitrogen and oxygen atoms in total. The second kappa shape index (κ2) is 4.83. The summed E-state index contributed by atoms with van der Waals surface area (Å²) in [5.41, 5.74) is 0.964. The molecule has 1 N–H and O–H groups in total. The molecule has 0 aliphatic heterocycles. The molecule has 0 atom stereocenters. The first-order chi connectivity index (χ1) is 9.58.